The Morgan fingerprint density at radius 2 is 2.16 bits per heavy atom. The Bertz CT molecular complexity index is 865. The van der Waals surface area contributed by atoms with E-state index in [0.717, 1.165) is 9.58 Å². The van der Waals surface area contributed by atoms with Crippen LogP contribution in [0.25, 0.3) is 0 Å². The third-order valence-electron chi connectivity index (χ3n) is 3.76. The summed E-state index contributed by atoms with van der Waals surface area (Å²) in [6.45, 7) is -0.339. The van der Waals surface area contributed by atoms with Crippen molar-refractivity contribution in [3.8, 4) is 0 Å². The molecule has 25 heavy (non-hydrogen) atoms. The molecule has 0 spiro atoms. The summed E-state index contributed by atoms with van der Waals surface area (Å²) in [5, 5.41) is 15.2. The molecule has 1 aromatic rings. The summed E-state index contributed by atoms with van der Waals surface area (Å²) >= 11 is 0. The number of nitrogens with zero attached hydrogens (tertiary/aromatic N) is 4. The van der Waals surface area contributed by atoms with Gasteiger partial charge in [-0.3, -0.25) is 4.55 Å². The number of urea groups is 1. The van der Waals surface area contributed by atoms with Crippen molar-refractivity contribution in [2.24, 2.45) is 5.73 Å². The van der Waals surface area contributed by atoms with Gasteiger partial charge in [0.25, 0.3) is 0 Å². The highest BCUT2D eigenvalue weighted by Crippen LogP contribution is 2.43. The average molecular weight is 376 g/mol. The second-order valence-corrected chi connectivity index (χ2v) is 6.24. The van der Waals surface area contributed by atoms with Gasteiger partial charge in [-0.15, -0.1) is 4.28 Å². The van der Waals surface area contributed by atoms with Crippen LogP contribution in [-0.2, 0) is 14.7 Å². The Hall–Kier alpha value is -2.91. The highest BCUT2D eigenvalue weighted by molar-refractivity contribution is 7.80. The fourth-order valence-electron chi connectivity index (χ4n) is 2.84. The molecule has 1 aromatic heterocycles. The molecule has 1 fully saturated rings. The van der Waals surface area contributed by atoms with Gasteiger partial charge in [0.1, 0.15) is 6.04 Å². The Morgan fingerprint density at radius 3 is 2.72 bits per heavy atom. The Morgan fingerprint density at radius 1 is 1.48 bits per heavy atom. The van der Waals surface area contributed by atoms with E-state index in [1.54, 1.807) is 0 Å². The van der Waals surface area contributed by atoms with E-state index < -0.39 is 40.6 Å². The number of hydrogen-bond acceptors (Lipinski definition) is 7. The van der Waals surface area contributed by atoms with Crippen LogP contribution in [0.1, 0.15) is 23.3 Å². The van der Waals surface area contributed by atoms with Crippen molar-refractivity contribution in [1.29, 1.82) is 0 Å². The van der Waals surface area contributed by atoms with Crippen LogP contribution in [0.5, 0.6) is 0 Å². The summed E-state index contributed by atoms with van der Waals surface area (Å²) in [7, 11) is -4.98. The first kappa shape index (κ1) is 16.9. The minimum Gasteiger partial charge on any atom is -0.465 e. The Labute approximate surface area is 139 Å². The number of rotatable bonds is 4. The molecule has 2 unspecified atom stereocenters. The lowest BCUT2D eigenvalue weighted by atomic mass is 9.98. The molecule has 136 valence electrons. The maximum absolute atomic E-state index is 12.4. The van der Waals surface area contributed by atoms with Gasteiger partial charge in [0.15, 0.2) is 0 Å². The maximum Gasteiger partial charge on any atom is 0.418 e. The minimum absolute atomic E-state index is 0.0717. The van der Waals surface area contributed by atoms with Crippen molar-refractivity contribution < 1.29 is 36.7 Å². The fraction of sp³-hybridized carbons (Fsp3) is 0.400. The van der Waals surface area contributed by atoms with Crippen LogP contribution < -0.4 is 11.1 Å². The lowest BCUT2D eigenvalue weighted by Gasteiger charge is -2.29. The summed E-state index contributed by atoms with van der Waals surface area (Å²) in [6, 6.07) is -3.76. The van der Waals surface area contributed by atoms with E-state index in [1.807, 2.05) is 0 Å². The smallest absolute Gasteiger partial charge is 0.418 e. The van der Waals surface area contributed by atoms with Gasteiger partial charge in [-0.05, 0) is 0 Å². The molecule has 1 saturated heterocycles. The Kier molecular flexibility index (Phi) is 3.77. The normalized spacial score (nSPS) is 22.0. The number of hydrogen-bond donors (Lipinski definition) is 4. The number of carboxylic acid groups (broad SMARTS) is 1. The maximum atomic E-state index is 12.4. The molecular weight excluding hydrogens is 364 g/mol. The predicted molar refractivity (Wildman–Crippen MR) is 75.3 cm³/mol. The third kappa shape index (κ3) is 2.94. The van der Waals surface area contributed by atoms with Crippen LogP contribution in [0.3, 0.4) is 0 Å². The number of fused-ring (bicyclic) bond motifs is 4. The number of nitrogens with one attached hydrogen (secondary N) is 1. The largest absolute Gasteiger partial charge is 0.465 e. The second-order valence-electron chi connectivity index (χ2n) is 5.23. The van der Waals surface area contributed by atoms with E-state index in [9.17, 15) is 22.8 Å². The molecule has 3 heterocycles. The van der Waals surface area contributed by atoms with Gasteiger partial charge >= 0.3 is 28.6 Å². The van der Waals surface area contributed by atoms with Gasteiger partial charge in [0.05, 0.1) is 18.3 Å². The standard InChI is InChI=1S/C10H12N6O8S/c11-8(17)15-2-4-6-3-14(10(20)16(6)24-25(21,22)23)5(7(4)13-15)1-12-9(18)19/h2,5-6,12H,1,3H2,(H2,11,17)(H,18,19)(H,21,22,23). The van der Waals surface area contributed by atoms with Crippen molar-refractivity contribution in [3.63, 3.8) is 0 Å². The molecule has 2 atom stereocenters. The zero-order valence-corrected chi connectivity index (χ0v) is 13.1. The summed E-state index contributed by atoms with van der Waals surface area (Å²) in [5.74, 6) is 0. The molecule has 2 aliphatic rings. The van der Waals surface area contributed by atoms with Crippen LogP contribution in [0.4, 0.5) is 14.4 Å². The molecule has 0 aliphatic carbocycles. The molecule has 4 amide bonds. The number of carbonyl (C=O) groups excluding carboxylic acids is 2. The monoisotopic (exact) mass is 376 g/mol. The average Bonchev–Trinajstić information content (AvgIpc) is 3.02. The van der Waals surface area contributed by atoms with Crippen LogP contribution >= 0.6 is 0 Å². The van der Waals surface area contributed by atoms with E-state index in [-0.39, 0.29) is 24.3 Å². The zero-order chi connectivity index (χ0) is 18.5. The summed E-state index contributed by atoms with van der Waals surface area (Å²) < 4.78 is 35.9. The summed E-state index contributed by atoms with van der Waals surface area (Å²) in [4.78, 5) is 35.5. The molecule has 3 rings (SSSR count). The first-order valence-electron chi connectivity index (χ1n) is 6.71. The first-order valence-corrected chi connectivity index (χ1v) is 8.08. The second kappa shape index (κ2) is 5.57. The SMILES string of the molecule is NC(=O)n1cc2c(n1)C(CNC(=O)O)N1CC2N(OS(=O)(=O)O)C1=O. The van der Waals surface area contributed by atoms with Gasteiger partial charge in [-0.25, -0.2) is 14.4 Å². The lowest BCUT2D eigenvalue weighted by Crippen LogP contribution is -2.41. The summed E-state index contributed by atoms with van der Waals surface area (Å²) in [6.07, 6.45) is -0.164. The first-order chi connectivity index (χ1) is 11.6. The number of aromatic nitrogens is 2. The van der Waals surface area contributed by atoms with Crippen molar-refractivity contribution in [3.05, 3.63) is 17.5 Å². The van der Waals surface area contributed by atoms with Crippen molar-refractivity contribution in [2.75, 3.05) is 13.1 Å². The van der Waals surface area contributed by atoms with Crippen LogP contribution in [-0.4, -0.2) is 69.1 Å². The van der Waals surface area contributed by atoms with Gasteiger partial charge in [0.2, 0.25) is 0 Å². The van der Waals surface area contributed by atoms with Gasteiger partial charge < -0.3 is 21.1 Å². The molecule has 14 nitrogen and oxygen atoms in total. The molecule has 5 N–H and O–H groups in total. The van der Waals surface area contributed by atoms with E-state index in [2.05, 4.69) is 14.7 Å². The zero-order valence-electron chi connectivity index (χ0n) is 12.3. The molecule has 15 heteroatoms. The molecule has 2 aliphatic heterocycles. The van der Waals surface area contributed by atoms with E-state index >= 15 is 0 Å². The van der Waals surface area contributed by atoms with Crippen LogP contribution in [0.15, 0.2) is 6.20 Å². The van der Waals surface area contributed by atoms with Gasteiger partial charge in [-0.2, -0.15) is 23.3 Å². The van der Waals surface area contributed by atoms with Crippen LogP contribution in [0, 0.1) is 0 Å². The predicted octanol–water partition coefficient (Wildman–Crippen LogP) is -1.35. The van der Waals surface area contributed by atoms with E-state index in [4.69, 9.17) is 15.4 Å². The van der Waals surface area contributed by atoms with Crippen LogP contribution in [0.2, 0.25) is 0 Å². The third-order valence-corrected chi connectivity index (χ3v) is 4.11. The Balaban J connectivity index is 2.04. The van der Waals surface area contributed by atoms with E-state index in [0.29, 0.717) is 5.06 Å². The molecular formula is C10H12N6O8S. The fourth-order valence-corrected chi connectivity index (χ4v) is 3.21. The molecule has 2 bridgehead atoms. The van der Waals surface area contributed by atoms with Gasteiger partial charge in [-0.1, -0.05) is 0 Å². The van der Waals surface area contributed by atoms with E-state index in [1.165, 1.54) is 6.20 Å². The lowest BCUT2D eigenvalue weighted by molar-refractivity contribution is -0.0317. The number of hydroxylamine groups is 2. The number of primary amides is 1. The van der Waals surface area contributed by atoms with Crippen molar-refractivity contribution in [1.82, 2.24) is 25.1 Å². The topological polar surface area (TPSA) is 197 Å². The number of nitrogens with two attached hydrogens (primary N) is 1. The molecule has 0 saturated carbocycles. The molecule has 0 radical (unpaired) electrons. The highest BCUT2D eigenvalue weighted by Gasteiger charge is 2.51. The minimum atomic E-state index is -4.98. The highest BCUT2D eigenvalue weighted by atomic mass is 32.3. The summed E-state index contributed by atoms with van der Waals surface area (Å²) in [5.41, 5.74) is 5.53. The molecule has 0 aromatic carbocycles. The number of carbonyl (C=O) groups is 3. The van der Waals surface area contributed by atoms with Crippen molar-refractivity contribution in [2.45, 2.75) is 12.1 Å². The van der Waals surface area contributed by atoms with Gasteiger partial charge in [0, 0.05) is 18.3 Å². The number of amides is 4. The quantitative estimate of drug-likeness (QED) is 0.459. The van der Waals surface area contributed by atoms with Crippen molar-refractivity contribution >= 4 is 28.6 Å².